The Morgan fingerprint density at radius 2 is 1.94 bits per heavy atom. The monoisotopic (exact) mass is 437 g/mol. The predicted octanol–water partition coefficient (Wildman–Crippen LogP) is 4.41. The van der Waals surface area contributed by atoms with Crippen LogP contribution in [0.1, 0.15) is 22.8 Å². The highest BCUT2D eigenvalue weighted by Gasteiger charge is 2.18. The van der Waals surface area contributed by atoms with E-state index in [2.05, 4.69) is 24.9 Å². The zero-order valence-electron chi connectivity index (χ0n) is 16.9. The van der Waals surface area contributed by atoms with Crippen molar-refractivity contribution in [2.24, 2.45) is 0 Å². The van der Waals surface area contributed by atoms with Crippen LogP contribution in [0.15, 0.2) is 47.1 Å². The van der Waals surface area contributed by atoms with E-state index in [0.717, 1.165) is 52.1 Å². The van der Waals surface area contributed by atoms with E-state index in [9.17, 15) is 4.39 Å². The lowest BCUT2D eigenvalue weighted by Crippen LogP contribution is -2.11. The SMILES string of the molecule is Cc1onc(-c2ccc(F)cc2)c1COCc1ccc(-c2nnc3n2CCSC3)cn1. The molecular formula is C22H20FN5O2S. The van der Waals surface area contributed by atoms with E-state index in [1.165, 1.54) is 12.1 Å². The van der Waals surface area contributed by atoms with Crippen LogP contribution < -0.4 is 0 Å². The Labute approximate surface area is 182 Å². The molecule has 0 bridgehead atoms. The number of pyridine rings is 1. The number of thioether (sulfide) groups is 1. The van der Waals surface area contributed by atoms with Crippen LogP contribution in [-0.2, 0) is 30.2 Å². The summed E-state index contributed by atoms with van der Waals surface area (Å²) in [5.74, 6) is 4.23. The molecule has 5 rings (SSSR count). The van der Waals surface area contributed by atoms with Crippen LogP contribution in [0.3, 0.4) is 0 Å². The number of nitrogens with zero attached hydrogens (tertiary/aromatic N) is 5. The van der Waals surface area contributed by atoms with Gasteiger partial charge in [-0.3, -0.25) is 4.98 Å². The molecule has 0 fully saturated rings. The van der Waals surface area contributed by atoms with Crippen molar-refractivity contribution in [3.63, 3.8) is 0 Å². The molecule has 3 aromatic heterocycles. The van der Waals surface area contributed by atoms with Crippen molar-refractivity contribution >= 4 is 11.8 Å². The summed E-state index contributed by atoms with van der Waals surface area (Å²) in [6, 6.07) is 10.1. The first-order valence-corrected chi connectivity index (χ1v) is 11.1. The third-order valence-corrected chi connectivity index (χ3v) is 6.13. The summed E-state index contributed by atoms with van der Waals surface area (Å²) in [5, 5.41) is 12.7. The van der Waals surface area contributed by atoms with Gasteiger partial charge in [-0.15, -0.1) is 10.2 Å². The molecule has 0 aliphatic carbocycles. The first kappa shape index (κ1) is 19.9. The number of halogens is 1. The second kappa shape index (κ2) is 8.60. The molecule has 1 aliphatic rings. The van der Waals surface area contributed by atoms with E-state index in [-0.39, 0.29) is 5.82 Å². The van der Waals surface area contributed by atoms with Crippen LogP contribution in [0.2, 0.25) is 0 Å². The average molecular weight is 438 g/mol. The molecule has 0 N–H and O–H groups in total. The van der Waals surface area contributed by atoms with Crippen molar-refractivity contribution in [1.82, 2.24) is 24.9 Å². The predicted molar refractivity (Wildman–Crippen MR) is 115 cm³/mol. The number of aryl methyl sites for hydroxylation is 1. The molecule has 9 heteroatoms. The fraction of sp³-hybridized carbons (Fsp3) is 0.273. The largest absolute Gasteiger partial charge is 0.370 e. The molecule has 0 radical (unpaired) electrons. The molecule has 31 heavy (non-hydrogen) atoms. The number of aromatic nitrogens is 5. The number of benzene rings is 1. The van der Waals surface area contributed by atoms with Crippen molar-refractivity contribution in [3.05, 3.63) is 71.3 Å². The molecule has 0 saturated carbocycles. The molecule has 0 spiro atoms. The molecule has 158 valence electrons. The fourth-order valence-corrected chi connectivity index (χ4v) is 4.36. The van der Waals surface area contributed by atoms with Gasteiger partial charge in [0.05, 0.1) is 24.7 Å². The third-order valence-electron chi connectivity index (χ3n) is 5.20. The normalized spacial score (nSPS) is 13.4. The van der Waals surface area contributed by atoms with Crippen molar-refractivity contribution in [1.29, 1.82) is 0 Å². The number of hydrogen-bond acceptors (Lipinski definition) is 7. The number of rotatable bonds is 6. The highest BCUT2D eigenvalue weighted by Crippen LogP contribution is 2.27. The molecule has 0 atom stereocenters. The van der Waals surface area contributed by atoms with Crippen LogP contribution in [0.25, 0.3) is 22.6 Å². The van der Waals surface area contributed by atoms with Gasteiger partial charge in [-0.1, -0.05) is 5.16 Å². The van der Waals surface area contributed by atoms with Gasteiger partial charge >= 0.3 is 0 Å². The second-order valence-electron chi connectivity index (χ2n) is 7.25. The smallest absolute Gasteiger partial charge is 0.165 e. The zero-order valence-corrected chi connectivity index (χ0v) is 17.7. The van der Waals surface area contributed by atoms with Gasteiger partial charge in [-0.05, 0) is 43.3 Å². The van der Waals surface area contributed by atoms with E-state index in [4.69, 9.17) is 9.26 Å². The molecule has 7 nitrogen and oxygen atoms in total. The Balaban J connectivity index is 1.25. The molecule has 4 aromatic rings. The van der Waals surface area contributed by atoms with Crippen LogP contribution in [0.5, 0.6) is 0 Å². The van der Waals surface area contributed by atoms with Crippen molar-refractivity contribution < 1.29 is 13.7 Å². The summed E-state index contributed by atoms with van der Waals surface area (Å²) in [6.07, 6.45) is 1.81. The molecule has 0 amide bonds. The Morgan fingerprint density at radius 1 is 1.10 bits per heavy atom. The van der Waals surface area contributed by atoms with Gasteiger partial charge in [0.1, 0.15) is 23.1 Å². The minimum atomic E-state index is -0.290. The Bertz CT molecular complexity index is 1190. The van der Waals surface area contributed by atoms with Crippen molar-refractivity contribution in [2.45, 2.75) is 32.4 Å². The molecule has 1 aromatic carbocycles. The highest BCUT2D eigenvalue weighted by atomic mass is 32.2. The maximum absolute atomic E-state index is 13.2. The first-order chi connectivity index (χ1) is 15.2. The van der Waals surface area contributed by atoms with Gasteiger partial charge < -0.3 is 13.8 Å². The van der Waals surface area contributed by atoms with Crippen molar-refractivity contribution in [3.8, 4) is 22.6 Å². The van der Waals surface area contributed by atoms with Crippen LogP contribution in [0.4, 0.5) is 4.39 Å². The number of ether oxygens (including phenoxy) is 1. The zero-order chi connectivity index (χ0) is 21.2. The van der Waals surface area contributed by atoms with Gasteiger partial charge in [0.15, 0.2) is 5.82 Å². The molecule has 0 saturated heterocycles. The minimum absolute atomic E-state index is 0.290. The summed E-state index contributed by atoms with van der Waals surface area (Å²) < 4.78 is 26.6. The highest BCUT2D eigenvalue weighted by molar-refractivity contribution is 7.98. The molecule has 4 heterocycles. The van der Waals surface area contributed by atoms with E-state index in [1.54, 1.807) is 12.1 Å². The van der Waals surface area contributed by atoms with E-state index in [0.29, 0.717) is 24.7 Å². The Hall–Kier alpha value is -3.04. The third kappa shape index (κ3) is 4.11. The lowest BCUT2D eigenvalue weighted by atomic mass is 10.1. The summed E-state index contributed by atoms with van der Waals surface area (Å²) in [4.78, 5) is 4.52. The maximum Gasteiger partial charge on any atom is 0.165 e. The number of fused-ring (bicyclic) bond motifs is 1. The van der Waals surface area contributed by atoms with Gasteiger partial charge in [0.2, 0.25) is 0 Å². The van der Waals surface area contributed by atoms with Gasteiger partial charge in [0.25, 0.3) is 0 Å². The number of hydrogen-bond donors (Lipinski definition) is 0. The van der Waals surface area contributed by atoms with Crippen LogP contribution in [-0.4, -0.2) is 30.7 Å². The van der Waals surface area contributed by atoms with Gasteiger partial charge in [-0.25, -0.2) is 4.39 Å². The first-order valence-electron chi connectivity index (χ1n) is 9.93. The Kier molecular flexibility index (Phi) is 5.52. The summed E-state index contributed by atoms with van der Waals surface area (Å²) >= 11 is 1.87. The quantitative estimate of drug-likeness (QED) is 0.442. The molecular weight excluding hydrogens is 417 g/mol. The van der Waals surface area contributed by atoms with Gasteiger partial charge in [0, 0.05) is 35.2 Å². The standard InChI is InChI=1S/C22H20FN5O2S/c1-14-19(21(27-30-14)15-2-5-17(23)6-3-15)12-29-11-18-7-4-16(10-24-18)22-26-25-20-13-31-9-8-28(20)22/h2-7,10H,8-9,11-13H2,1H3. The van der Waals surface area contributed by atoms with Crippen LogP contribution >= 0.6 is 11.8 Å². The van der Waals surface area contributed by atoms with Crippen LogP contribution in [0, 0.1) is 12.7 Å². The topological polar surface area (TPSA) is 78.9 Å². The van der Waals surface area contributed by atoms with E-state index >= 15 is 0 Å². The average Bonchev–Trinajstić information content (AvgIpc) is 3.39. The Morgan fingerprint density at radius 3 is 2.74 bits per heavy atom. The molecule has 0 unspecified atom stereocenters. The summed E-state index contributed by atoms with van der Waals surface area (Å²) in [6.45, 7) is 3.42. The fourth-order valence-electron chi connectivity index (χ4n) is 3.51. The van der Waals surface area contributed by atoms with Gasteiger partial charge in [-0.2, -0.15) is 11.8 Å². The summed E-state index contributed by atoms with van der Waals surface area (Å²) in [5.41, 5.74) is 4.05. The maximum atomic E-state index is 13.2. The van der Waals surface area contributed by atoms with E-state index < -0.39 is 0 Å². The van der Waals surface area contributed by atoms with E-state index in [1.807, 2.05) is 37.0 Å². The lowest BCUT2D eigenvalue weighted by molar-refractivity contribution is 0.104. The van der Waals surface area contributed by atoms with Crippen molar-refractivity contribution in [2.75, 3.05) is 5.75 Å². The lowest BCUT2D eigenvalue weighted by Gasteiger charge is -2.14. The summed E-state index contributed by atoms with van der Waals surface area (Å²) in [7, 11) is 0. The molecule has 1 aliphatic heterocycles. The minimum Gasteiger partial charge on any atom is -0.370 e. The second-order valence-corrected chi connectivity index (χ2v) is 8.35.